The summed E-state index contributed by atoms with van der Waals surface area (Å²) in [6, 6.07) is 5.91. The SMILES string of the molecule is C=Cc1ccc(NC)c(C(=N)C2C=CC(N)=NC2)c1. The van der Waals surface area contributed by atoms with Crippen molar-refractivity contribution in [1.29, 1.82) is 5.41 Å². The van der Waals surface area contributed by atoms with Crippen LogP contribution in [0.15, 0.2) is 41.9 Å². The van der Waals surface area contributed by atoms with E-state index in [1.165, 1.54) is 0 Å². The van der Waals surface area contributed by atoms with Crippen molar-refractivity contribution in [3.05, 3.63) is 48.1 Å². The molecule has 0 bridgehead atoms. The Morgan fingerprint density at radius 2 is 2.37 bits per heavy atom. The van der Waals surface area contributed by atoms with Crippen molar-refractivity contribution in [3.8, 4) is 0 Å². The number of benzene rings is 1. The molecule has 0 spiro atoms. The van der Waals surface area contributed by atoms with Gasteiger partial charge in [-0.1, -0.05) is 24.8 Å². The first-order chi connectivity index (χ1) is 9.15. The van der Waals surface area contributed by atoms with Crippen molar-refractivity contribution in [2.75, 3.05) is 18.9 Å². The van der Waals surface area contributed by atoms with Gasteiger partial charge in [0.25, 0.3) is 0 Å². The van der Waals surface area contributed by atoms with Crippen molar-refractivity contribution < 1.29 is 0 Å². The number of nitrogens with two attached hydrogens (primary N) is 1. The molecule has 4 nitrogen and oxygen atoms in total. The summed E-state index contributed by atoms with van der Waals surface area (Å²) in [5, 5.41) is 11.5. The van der Waals surface area contributed by atoms with E-state index in [4.69, 9.17) is 11.1 Å². The highest BCUT2D eigenvalue weighted by molar-refractivity contribution is 6.07. The van der Waals surface area contributed by atoms with Crippen LogP contribution in [0.3, 0.4) is 0 Å². The molecule has 1 aromatic rings. The van der Waals surface area contributed by atoms with Crippen LogP contribution in [0.4, 0.5) is 5.69 Å². The Labute approximate surface area is 113 Å². The van der Waals surface area contributed by atoms with Gasteiger partial charge in [0.1, 0.15) is 5.84 Å². The maximum absolute atomic E-state index is 8.37. The Morgan fingerprint density at radius 1 is 1.58 bits per heavy atom. The van der Waals surface area contributed by atoms with E-state index in [0.29, 0.717) is 18.1 Å². The number of amidine groups is 1. The lowest BCUT2D eigenvalue weighted by Gasteiger charge is -2.18. The zero-order valence-corrected chi connectivity index (χ0v) is 11.0. The van der Waals surface area contributed by atoms with E-state index in [1.54, 1.807) is 12.2 Å². The van der Waals surface area contributed by atoms with Crippen LogP contribution in [-0.2, 0) is 0 Å². The van der Waals surface area contributed by atoms with Gasteiger partial charge in [-0.05, 0) is 23.8 Å². The predicted molar refractivity (Wildman–Crippen MR) is 82.0 cm³/mol. The van der Waals surface area contributed by atoms with Gasteiger partial charge in [-0.15, -0.1) is 0 Å². The summed E-state index contributed by atoms with van der Waals surface area (Å²) in [7, 11) is 1.85. The minimum atomic E-state index is -0.0283. The van der Waals surface area contributed by atoms with Gasteiger partial charge in [0, 0.05) is 29.9 Å². The highest BCUT2D eigenvalue weighted by Gasteiger charge is 2.18. The number of anilines is 1. The molecule has 0 fully saturated rings. The van der Waals surface area contributed by atoms with Crippen molar-refractivity contribution in [1.82, 2.24) is 0 Å². The number of rotatable bonds is 4. The molecule has 0 radical (unpaired) electrons. The van der Waals surface area contributed by atoms with Crippen LogP contribution in [0, 0.1) is 11.3 Å². The van der Waals surface area contributed by atoms with Crippen LogP contribution >= 0.6 is 0 Å². The van der Waals surface area contributed by atoms with Gasteiger partial charge >= 0.3 is 0 Å². The molecule has 0 amide bonds. The molecular weight excluding hydrogens is 236 g/mol. The number of nitrogens with one attached hydrogen (secondary N) is 2. The Balaban J connectivity index is 2.33. The molecule has 0 aromatic heterocycles. The zero-order valence-electron chi connectivity index (χ0n) is 11.0. The van der Waals surface area contributed by atoms with Gasteiger partial charge in [0.05, 0.1) is 6.54 Å². The van der Waals surface area contributed by atoms with Gasteiger partial charge in [-0.2, -0.15) is 0 Å². The van der Waals surface area contributed by atoms with Crippen molar-refractivity contribution in [3.63, 3.8) is 0 Å². The van der Waals surface area contributed by atoms with E-state index >= 15 is 0 Å². The fourth-order valence-corrected chi connectivity index (χ4v) is 2.05. The first kappa shape index (κ1) is 13.1. The van der Waals surface area contributed by atoms with Gasteiger partial charge in [-0.25, -0.2) is 0 Å². The largest absolute Gasteiger partial charge is 0.388 e. The third-order valence-electron chi connectivity index (χ3n) is 3.18. The first-order valence-electron chi connectivity index (χ1n) is 6.17. The molecule has 2 rings (SSSR count). The number of dihydropyridines is 1. The van der Waals surface area contributed by atoms with E-state index in [1.807, 2.05) is 31.3 Å². The number of hydrogen-bond acceptors (Lipinski definition) is 4. The van der Waals surface area contributed by atoms with E-state index in [0.717, 1.165) is 16.8 Å². The Bertz CT molecular complexity index is 570. The molecule has 4 heteroatoms. The quantitative estimate of drug-likeness (QED) is 0.721. The molecule has 1 heterocycles. The lowest BCUT2D eigenvalue weighted by molar-refractivity contribution is 0.846. The second-order valence-electron chi connectivity index (χ2n) is 4.40. The molecule has 0 saturated heterocycles. The summed E-state index contributed by atoms with van der Waals surface area (Å²) >= 11 is 0. The lowest BCUT2D eigenvalue weighted by atomic mass is 9.92. The van der Waals surface area contributed by atoms with E-state index in [-0.39, 0.29) is 5.92 Å². The minimum absolute atomic E-state index is 0.0283. The number of hydrogen-bond donors (Lipinski definition) is 3. The summed E-state index contributed by atoms with van der Waals surface area (Å²) in [4.78, 5) is 4.18. The van der Waals surface area contributed by atoms with Crippen LogP contribution < -0.4 is 11.1 Å². The summed E-state index contributed by atoms with van der Waals surface area (Å²) in [5.74, 6) is 0.497. The van der Waals surface area contributed by atoms with Crippen LogP contribution in [0.1, 0.15) is 11.1 Å². The Morgan fingerprint density at radius 3 is 2.95 bits per heavy atom. The molecule has 0 saturated carbocycles. The number of aliphatic imine (C=N–C) groups is 1. The molecule has 0 aliphatic carbocycles. The molecule has 98 valence electrons. The Hall–Kier alpha value is -2.36. The fourth-order valence-electron chi connectivity index (χ4n) is 2.05. The monoisotopic (exact) mass is 254 g/mol. The van der Waals surface area contributed by atoms with Gasteiger partial charge in [0.15, 0.2) is 0 Å². The normalized spacial score (nSPS) is 17.7. The minimum Gasteiger partial charge on any atom is -0.388 e. The van der Waals surface area contributed by atoms with Crippen molar-refractivity contribution in [2.45, 2.75) is 0 Å². The maximum atomic E-state index is 8.37. The van der Waals surface area contributed by atoms with Gasteiger partial charge in [0.2, 0.25) is 0 Å². The summed E-state index contributed by atoms with van der Waals surface area (Å²) in [6.07, 6.45) is 5.48. The average Bonchev–Trinajstić information content (AvgIpc) is 2.46. The van der Waals surface area contributed by atoms with Crippen molar-refractivity contribution >= 4 is 23.3 Å². The van der Waals surface area contributed by atoms with E-state index in [2.05, 4.69) is 16.9 Å². The third-order valence-corrected chi connectivity index (χ3v) is 3.18. The van der Waals surface area contributed by atoms with Crippen LogP contribution in [0.25, 0.3) is 6.08 Å². The van der Waals surface area contributed by atoms with Crippen molar-refractivity contribution in [2.24, 2.45) is 16.6 Å². The maximum Gasteiger partial charge on any atom is 0.117 e. The molecule has 4 N–H and O–H groups in total. The molecule has 19 heavy (non-hydrogen) atoms. The summed E-state index contributed by atoms with van der Waals surface area (Å²) in [5.41, 5.74) is 8.96. The molecule has 1 unspecified atom stereocenters. The summed E-state index contributed by atoms with van der Waals surface area (Å²) < 4.78 is 0. The molecule has 1 aliphatic rings. The van der Waals surface area contributed by atoms with E-state index < -0.39 is 0 Å². The first-order valence-corrected chi connectivity index (χ1v) is 6.17. The lowest BCUT2D eigenvalue weighted by Crippen LogP contribution is -2.23. The highest BCUT2D eigenvalue weighted by Crippen LogP contribution is 2.23. The topological polar surface area (TPSA) is 74.3 Å². The van der Waals surface area contributed by atoms with Crippen LogP contribution in [-0.4, -0.2) is 25.1 Å². The predicted octanol–water partition coefficient (Wildman–Crippen LogP) is 2.28. The van der Waals surface area contributed by atoms with Crippen LogP contribution in [0.2, 0.25) is 0 Å². The zero-order chi connectivity index (χ0) is 13.8. The number of nitrogens with zero attached hydrogens (tertiary/aromatic N) is 1. The second-order valence-corrected chi connectivity index (χ2v) is 4.40. The third kappa shape index (κ3) is 2.73. The summed E-state index contributed by atoms with van der Waals surface area (Å²) in [6.45, 7) is 4.30. The average molecular weight is 254 g/mol. The molecule has 1 atom stereocenters. The van der Waals surface area contributed by atoms with Crippen LogP contribution in [0.5, 0.6) is 0 Å². The second kappa shape index (κ2) is 5.52. The molecule has 1 aliphatic heterocycles. The van der Waals surface area contributed by atoms with Gasteiger partial charge in [-0.3, -0.25) is 4.99 Å². The van der Waals surface area contributed by atoms with Gasteiger partial charge < -0.3 is 16.5 Å². The standard InChI is InChI=1S/C15H18N4/c1-3-10-4-6-13(18-2)12(8-10)15(17)11-5-7-14(16)19-9-11/h3-8,11,17-18H,1,9H2,2H3,(H2,16,19). The highest BCUT2D eigenvalue weighted by atomic mass is 14.9. The molecule has 1 aromatic carbocycles. The Kier molecular flexibility index (Phi) is 3.80. The van der Waals surface area contributed by atoms with E-state index in [9.17, 15) is 0 Å². The fraction of sp³-hybridized carbons (Fsp3) is 0.200. The molecular formula is C15H18N4. The smallest absolute Gasteiger partial charge is 0.117 e.